The van der Waals surface area contributed by atoms with Gasteiger partial charge in [-0.05, 0) is 36.1 Å². The number of aliphatic hydroxyl groups is 1. The summed E-state index contributed by atoms with van der Waals surface area (Å²) in [5.74, 6) is 0.512. The highest BCUT2D eigenvalue weighted by atomic mass is 35.5. The molecule has 0 amide bonds. The van der Waals surface area contributed by atoms with Crippen LogP contribution in [0.1, 0.15) is 44.8 Å². The van der Waals surface area contributed by atoms with Crippen LogP contribution in [0, 0.1) is 5.92 Å². The molecule has 0 bridgehead atoms. The van der Waals surface area contributed by atoms with Crippen molar-refractivity contribution < 1.29 is 5.11 Å². The van der Waals surface area contributed by atoms with E-state index in [2.05, 4.69) is 13.8 Å². The third kappa shape index (κ3) is 4.32. The molecule has 0 heterocycles. The van der Waals surface area contributed by atoms with Crippen molar-refractivity contribution in [3.63, 3.8) is 0 Å². The van der Waals surface area contributed by atoms with Crippen LogP contribution in [0.15, 0.2) is 18.2 Å². The number of benzene rings is 1. The van der Waals surface area contributed by atoms with Crippen LogP contribution in [0.3, 0.4) is 0 Å². The smallest absolute Gasteiger partial charge is 0.0793 e. The Morgan fingerprint density at radius 2 is 1.75 bits per heavy atom. The number of halogens is 2. The largest absolute Gasteiger partial charge is 0.388 e. The monoisotopic (exact) mass is 260 g/mol. The van der Waals surface area contributed by atoms with E-state index >= 15 is 0 Å². The van der Waals surface area contributed by atoms with Crippen molar-refractivity contribution in [3.8, 4) is 0 Å². The highest BCUT2D eigenvalue weighted by Crippen LogP contribution is 2.28. The summed E-state index contributed by atoms with van der Waals surface area (Å²) < 4.78 is 0. The molecule has 0 saturated carbocycles. The molecule has 1 aromatic carbocycles. The lowest BCUT2D eigenvalue weighted by Crippen LogP contribution is -2.04. The fraction of sp³-hybridized carbons (Fsp3) is 0.538. The molecular weight excluding hydrogens is 243 g/mol. The highest BCUT2D eigenvalue weighted by Gasteiger charge is 2.13. The van der Waals surface area contributed by atoms with Crippen LogP contribution in [0.2, 0.25) is 10.0 Å². The molecule has 0 aliphatic heterocycles. The topological polar surface area (TPSA) is 20.2 Å². The van der Waals surface area contributed by atoms with Crippen molar-refractivity contribution in [1.82, 2.24) is 0 Å². The van der Waals surface area contributed by atoms with Crippen LogP contribution in [0.25, 0.3) is 0 Å². The van der Waals surface area contributed by atoms with Crippen LogP contribution in [0.5, 0.6) is 0 Å². The summed E-state index contributed by atoms with van der Waals surface area (Å²) in [6, 6.07) is 5.22. The van der Waals surface area contributed by atoms with Gasteiger partial charge in [-0.15, -0.1) is 0 Å². The Balaban J connectivity index is 2.68. The predicted molar refractivity (Wildman–Crippen MR) is 70.1 cm³/mol. The highest BCUT2D eigenvalue weighted by molar-refractivity contribution is 6.34. The van der Waals surface area contributed by atoms with E-state index < -0.39 is 6.10 Å². The summed E-state index contributed by atoms with van der Waals surface area (Å²) in [7, 11) is 0. The summed E-state index contributed by atoms with van der Waals surface area (Å²) in [5.41, 5.74) is 0.806. The van der Waals surface area contributed by atoms with Crippen LogP contribution < -0.4 is 0 Å². The van der Waals surface area contributed by atoms with E-state index in [0.717, 1.165) is 24.8 Å². The van der Waals surface area contributed by atoms with Gasteiger partial charge >= 0.3 is 0 Å². The van der Waals surface area contributed by atoms with Crippen molar-refractivity contribution in [2.24, 2.45) is 5.92 Å². The van der Waals surface area contributed by atoms with E-state index in [0.29, 0.717) is 16.0 Å². The van der Waals surface area contributed by atoms with E-state index in [9.17, 15) is 5.11 Å². The molecule has 1 rings (SSSR count). The molecule has 2 unspecified atom stereocenters. The lowest BCUT2D eigenvalue weighted by molar-refractivity contribution is 0.145. The SMILES string of the molecule is CCCC(C)CC(O)c1cc(Cl)cc(Cl)c1. The van der Waals surface area contributed by atoms with Gasteiger partial charge in [-0.2, -0.15) is 0 Å². The van der Waals surface area contributed by atoms with Gasteiger partial charge in [0.25, 0.3) is 0 Å². The normalized spacial score (nSPS) is 14.8. The zero-order valence-corrected chi connectivity index (χ0v) is 11.2. The van der Waals surface area contributed by atoms with Crippen molar-refractivity contribution in [2.75, 3.05) is 0 Å². The molecule has 0 aliphatic rings. The van der Waals surface area contributed by atoms with Gasteiger partial charge in [0, 0.05) is 10.0 Å². The molecule has 1 N–H and O–H groups in total. The van der Waals surface area contributed by atoms with E-state index in [-0.39, 0.29) is 0 Å². The Morgan fingerprint density at radius 3 is 2.25 bits per heavy atom. The maximum absolute atomic E-state index is 10.0. The molecular formula is C13H18Cl2O. The van der Waals surface area contributed by atoms with Crippen LogP contribution in [0.4, 0.5) is 0 Å². The van der Waals surface area contributed by atoms with Gasteiger partial charge in [0.15, 0.2) is 0 Å². The molecule has 0 aromatic heterocycles. The lowest BCUT2D eigenvalue weighted by atomic mass is 9.95. The van der Waals surface area contributed by atoms with Crippen LogP contribution in [-0.4, -0.2) is 5.11 Å². The maximum atomic E-state index is 10.0. The second-order valence-corrected chi connectivity index (χ2v) is 5.22. The van der Waals surface area contributed by atoms with Gasteiger partial charge in [-0.3, -0.25) is 0 Å². The molecule has 1 nitrogen and oxygen atoms in total. The molecule has 0 fully saturated rings. The second kappa shape index (κ2) is 6.48. The second-order valence-electron chi connectivity index (χ2n) is 4.35. The zero-order valence-electron chi connectivity index (χ0n) is 9.71. The molecule has 2 atom stereocenters. The Bertz CT molecular complexity index is 318. The summed E-state index contributed by atoms with van der Waals surface area (Å²) >= 11 is 11.8. The quantitative estimate of drug-likeness (QED) is 0.803. The summed E-state index contributed by atoms with van der Waals surface area (Å²) in [6.07, 6.45) is 2.55. The third-order valence-electron chi connectivity index (χ3n) is 2.68. The number of hydrogen-bond donors (Lipinski definition) is 1. The first-order chi connectivity index (χ1) is 7.52. The van der Waals surface area contributed by atoms with Crippen molar-refractivity contribution in [1.29, 1.82) is 0 Å². The van der Waals surface area contributed by atoms with Gasteiger partial charge in [0.1, 0.15) is 0 Å². The maximum Gasteiger partial charge on any atom is 0.0793 e. The summed E-state index contributed by atoms with van der Waals surface area (Å²) in [4.78, 5) is 0. The molecule has 1 aromatic rings. The molecule has 0 radical (unpaired) electrons. The molecule has 0 aliphatic carbocycles. The molecule has 90 valence electrons. The van der Waals surface area contributed by atoms with Crippen LogP contribution >= 0.6 is 23.2 Å². The first kappa shape index (κ1) is 13.8. The average Bonchev–Trinajstić information content (AvgIpc) is 2.16. The fourth-order valence-electron chi connectivity index (χ4n) is 1.90. The Hall–Kier alpha value is -0.240. The fourth-order valence-corrected chi connectivity index (χ4v) is 2.44. The number of aliphatic hydroxyl groups excluding tert-OH is 1. The first-order valence-electron chi connectivity index (χ1n) is 5.67. The van der Waals surface area contributed by atoms with E-state index in [4.69, 9.17) is 23.2 Å². The van der Waals surface area contributed by atoms with Gasteiger partial charge in [0.05, 0.1) is 6.10 Å². The standard InChI is InChI=1S/C13H18Cl2O/c1-3-4-9(2)5-13(16)10-6-11(14)8-12(15)7-10/h6-9,13,16H,3-5H2,1-2H3. The number of hydrogen-bond acceptors (Lipinski definition) is 1. The minimum Gasteiger partial charge on any atom is -0.388 e. The van der Waals surface area contributed by atoms with E-state index in [1.165, 1.54) is 0 Å². The summed E-state index contributed by atoms with van der Waals surface area (Å²) in [6.45, 7) is 4.30. The van der Waals surface area contributed by atoms with Gasteiger partial charge in [-0.1, -0.05) is 49.9 Å². The summed E-state index contributed by atoms with van der Waals surface area (Å²) in [5, 5.41) is 11.2. The number of rotatable bonds is 5. The first-order valence-corrected chi connectivity index (χ1v) is 6.42. The minimum atomic E-state index is -0.474. The lowest BCUT2D eigenvalue weighted by Gasteiger charge is -2.16. The molecule has 3 heteroatoms. The molecule has 16 heavy (non-hydrogen) atoms. The Labute approximate surface area is 107 Å². The zero-order chi connectivity index (χ0) is 12.1. The van der Waals surface area contributed by atoms with E-state index in [1.54, 1.807) is 18.2 Å². The van der Waals surface area contributed by atoms with Gasteiger partial charge in [-0.25, -0.2) is 0 Å². The van der Waals surface area contributed by atoms with Crippen molar-refractivity contribution in [2.45, 2.75) is 39.2 Å². The van der Waals surface area contributed by atoms with Gasteiger partial charge in [0.2, 0.25) is 0 Å². The Kier molecular flexibility index (Phi) is 5.60. The van der Waals surface area contributed by atoms with Crippen molar-refractivity contribution in [3.05, 3.63) is 33.8 Å². The Morgan fingerprint density at radius 1 is 1.19 bits per heavy atom. The predicted octanol–water partition coefficient (Wildman–Crippen LogP) is 4.85. The minimum absolute atomic E-state index is 0.474. The van der Waals surface area contributed by atoms with Gasteiger partial charge < -0.3 is 5.11 Å². The van der Waals surface area contributed by atoms with Crippen molar-refractivity contribution >= 4 is 23.2 Å². The molecule has 0 saturated heterocycles. The van der Waals surface area contributed by atoms with Crippen LogP contribution in [-0.2, 0) is 0 Å². The van der Waals surface area contributed by atoms with E-state index in [1.807, 2.05) is 0 Å². The average molecular weight is 261 g/mol. The third-order valence-corrected chi connectivity index (χ3v) is 3.11. The molecule has 0 spiro atoms.